The van der Waals surface area contributed by atoms with Gasteiger partial charge in [-0.3, -0.25) is 9.59 Å². The second kappa shape index (κ2) is 12.4. The molecule has 2 amide bonds. The van der Waals surface area contributed by atoms with Crippen LogP contribution in [0.5, 0.6) is 0 Å². The van der Waals surface area contributed by atoms with Crippen LogP contribution in [0.4, 0.5) is 0 Å². The summed E-state index contributed by atoms with van der Waals surface area (Å²) in [5.41, 5.74) is 0. The predicted octanol–water partition coefficient (Wildman–Crippen LogP) is 1.54. The maximum Gasteiger partial charge on any atom is 0.326 e. The Labute approximate surface area is 121 Å². The van der Waals surface area contributed by atoms with E-state index < -0.39 is 12.0 Å². The number of unbranched alkanes of at least 4 members (excludes halogenated alkanes) is 1. The smallest absolute Gasteiger partial charge is 0.326 e. The Morgan fingerprint density at radius 3 is 2.05 bits per heavy atom. The van der Waals surface area contributed by atoms with Crippen LogP contribution < -0.4 is 10.6 Å². The van der Waals surface area contributed by atoms with Crippen molar-refractivity contribution >= 4 is 17.8 Å². The number of rotatable bonds is 8. The zero-order chi connectivity index (χ0) is 16.1. The Bertz CT molecular complexity index is 304. The molecule has 0 aliphatic carbocycles. The molecule has 3 N–H and O–H groups in total. The van der Waals surface area contributed by atoms with E-state index in [1.165, 1.54) is 6.92 Å². The number of hydrogen-bond donors (Lipinski definition) is 3. The zero-order valence-corrected chi connectivity index (χ0v) is 13.2. The first kappa shape index (κ1) is 20.7. The van der Waals surface area contributed by atoms with Crippen LogP contribution in [0.2, 0.25) is 0 Å². The summed E-state index contributed by atoms with van der Waals surface area (Å²) in [6.07, 6.45) is 1.70. The van der Waals surface area contributed by atoms with Gasteiger partial charge >= 0.3 is 5.97 Å². The summed E-state index contributed by atoms with van der Waals surface area (Å²) in [6, 6.07) is -0.850. The van der Waals surface area contributed by atoms with Crippen LogP contribution in [0, 0.1) is 5.92 Å². The van der Waals surface area contributed by atoms with Gasteiger partial charge in [-0.25, -0.2) is 4.79 Å². The highest BCUT2D eigenvalue weighted by molar-refractivity contribution is 5.84. The van der Waals surface area contributed by atoms with Gasteiger partial charge in [-0.1, -0.05) is 27.7 Å². The third kappa shape index (κ3) is 11.5. The van der Waals surface area contributed by atoms with Crippen molar-refractivity contribution in [3.05, 3.63) is 0 Å². The zero-order valence-electron chi connectivity index (χ0n) is 13.2. The topological polar surface area (TPSA) is 95.5 Å². The quantitative estimate of drug-likeness (QED) is 0.590. The van der Waals surface area contributed by atoms with Crippen LogP contribution in [0.15, 0.2) is 0 Å². The minimum atomic E-state index is -1.02. The van der Waals surface area contributed by atoms with E-state index in [2.05, 4.69) is 10.6 Å². The fourth-order valence-electron chi connectivity index (χ4n) is 1.33. The largest absolute Gasteiger partial charge is 0.480 e. The average Bonchev–Trinajstić information content (AvgIpc) is 2.38. The molecule has 0 heterocycles. The first-order valence-corrected chi connectivity index (χ1v) is 7.12. The Morgan fingerprint density at radius 2 is 1.65 bits per heavy atom. The summed E-state index contributed by atoms with van der Waals surface area (Å²) in [7, 11) is 0. The molecule has 0 aliphatic rings. The van der Waals surface area contributed by atoms with Crippen molar-refractivity contribution in [3.63, 3.8) is 0 Å². The van der Waals surface area contributed by atoms with Crippen molar-refractivity contribution in [1.82, 2.24) is 10.6 Å². The molecule has 0 saturated heterocycles. The molecule has 0 aliphatic heterocycles. The molecule has 6 nitrogen and oxygen atoms in total. The van der Waals surface area contributed by atoms with E-state index in [-0.39, 0.29) is 17.7 Å². The van der Waals surface area contributed by atoms with Gasteiger partial charge < -0.3 is 15.7 Å². The van der Waals surface area contributed by atoms with Gasteiger partial charge in [0.15, 0.2) is 0 Å². The highest BCUT2D eigenvalue weighted by Gasteiger charge is 2.20. The molecular formula is C14H28N2O4. The van der Waals surface area contributed by atoms with Crippen LogP contribution in [-0.2, 0) is 14.4 Å². The molecule has 0 aromatic rings. The Morgan fingerprint density at radius 1 is 1.10 bits per heavy atom. The third-order valence-electron chi connectivity index (χ3n) is 2.43. The van der Waals surface area contributed by atoms with Crippen molar-refractivity contribution in [2.45, 2.75) is 59.9 Å². The standard InChI is InChI=1S/C12H22N2O4.C2H6/c1-8(2)11(16)14-10(12(17)18)6-4-5-7-13-9(3)15;1-2/h8,10H,4-7H2,1-3H3,(H,13,15)(H,14,16)(H,17,18);1-2H3. The van der Waals surface area contributed by atoms with Gasteiger partial charge in [0.05, 0.1) is 0 Å². The molecule has 0 radical (unpaired) electrons. The van der Waals surface area contributed by atoms with Crippen molar-refractivity contribution in [2.24, 2.45) is 5.92 Å². The van der Waals surface area contributed by atoms with Gasteiger partial charge in [0, 0.05) is 19.4 Å². The molecule has 0 bridgehead atoms. The van der Waals surface area contributed by atoms with Gasteiger partial charge in [0.25, 0.3) is 0 Å². The van der Waals surface area contributed by atoms with E-state index in [4.69, 9.17) is 5.11 Å². The molecule has 20 heavy (non-hydrogen) atoms. The monoisotopic (exact) mass is 288 g/mol. The van der Waals surface area contributed by atoms with Crippen molar-refractivity contribution in [3.8, 4) is 0 Å². The first-order valence-electron chi connectivity index (χ1n) is 7.12. The van der Waals surface area contributed by atoms with Crippen LogP contribution in [0.1, 0.15) is 53.9 Å². The summed E-state index contributed by atoms with van der Waals surface area (Å²) < 4.78 is 0. The summed E-state index contributed by atoms with van der Waals surface area (Å²) in [4.78, 5) is 33.0. The van der Waals surface area contributed by atoms with Gasteiger partial charge in [-0.05, 0) is 19.3 Å². The molecule has 1 unspecified atom stereocenters. The maximum absolute atomic E-state index is 11.4. The molecule has 0 aromatic heterocycles. The SMILES string of the molecule is CC.CC(=O)NCCCCC(NC(=O)C(C)C)C(=O)O. The lowest BCUT2D eigenvalue weighted by molar-refractivity contribution is -0.142. The number of amides is 2. The molecule has 0 aromatic carbocycles. The maximum atomic E-state index is 11.4. The molecule has 0 spiro atoms. The lowest BCUT2D eigenvalue weighted by atomic mass is 10.1. The van der Waals surface area contributed by atoms with Crippen LogP contribution in [0.25, 0.3) is 0 Å². The van der Waals surface area contributed by atoms with Crippen LogP contribution in [0.3, 0.4) is 0 Å². The number of carbonyl (C=O) groups excluding carboxylic acids is 2. The summed E-state index contributed by atoms with van der Waals surface area (Å²) >= 11 is 0. The molecule has 118 valence electrons. The molecular weight excluding hydrogens is 260 g/mol. The number of carboxylic acid groups (broad SMARTS) is 1. The van der Waals surface area contributed by atoms with E-state index in [1.54, 1.807) is 13.8 Å². The van der Waals surface area contributed by atoms with E-state index in [0.29, 0.717) is 25.8 Å². The second-order valence-electron chi connectivity index (χ2n) is 4.53. The fraction of sp³-hybridized carbons (Fsp3) is 0.786. The molecule has 0 fully saturated rings. The Kier molecular flexibility index (Phi) is 12.9. The third-order valence-corrected chi connectivity index (χ3v) is 2.43. The summed E-state index contributed by atoms with van der Waals surface area (Å²) in [6.45, 7) is 9.39. The van der Waals surface area contributed by atoms with E-state index in [9.17, 15) is 14.4 Å². The predicted molar refractivity (Wildman–Crippen MR) is 78.3 cm³/mol. The lowest BCUT2D eigenvalue weighted by Crippen LogP contribution is -2.42. The van der Waals surface area contributed by atoms with Crippen LogP contribution >= 0.6 is 0 Å². The lowest BCUT2D eigenvalue weighted by Gasteiger charge is -2.15. The number of hydrogen-bond acceptors (Lipinski definition) is 3. The van der Waals surface area contributed by atoms with Crippen molar-refractivity contribution in [2.75, 3.05) is 6.54 Å². The van der Waals surface area contributed by atoms with Gasteiger partial charge in [-0.2, -0.15) is 0 Å². The number of carboxylic acids is 1. The minimum Gasteiger partial charge on any atom is -0.480 e. The molecule has 1 atom stereocenters. The number of nitrogens with one attached hydrogen (secondary N) is 2. The van der Waals surface area contributed by atoms with E-state index >= 15 is 0 Å². The Balaban J connectivity index is 0. The highest BCUT2D eigenvalue weighted by Crippen LogP contribution is 2.03. The molecule has 0 rings (SSSR count). The van der Waals surface area contributed by atoms with Gasteiger partial charge in [0.2, 0.25) is 11.8 Å². The fourth-order valence-corrected chi connectivity index (χ4v) is 1.33. The summed E-state index contributed by atoms with van der Waals surface area (Å²) in [5, 5.41) is 14.1. The van der Waals surface area contributed by atoms with E-state index in [1.807, 2.05) is 13.8 Å². The van der Waals surface area contributed by atoms with Gasteiger partial charge in [-0.15, -0.1) is 0 Å². The first-order chi connectivity index (χ1) is 9.34. The number of carbonyl (C=O) groups is 3. The Hall–Kier alpha value is -1.59. The second-order valence-corrected chi connectivity index (χ2v) is 4.53. The van der Waals surface area contributed by atoms with Gasteiger partial charge in [0.1, 0.15) is 6.04 Å². The summed E-state index contributed by atoms with van der Waals surface area (Å²) in [5.74, 6) is -1.61. The normalized spacial score (nSPS) is 11.1. The minimum absolute atomic E-state index is 0.0992. The van der Waals surface area contributed by atoms with E-state index in [0.717, 1.165) is 0 Å². The van der Waals surface area contributed by atoms with Crippen molar-refractivity contribution < 1.29 is 19.5 Å². The number of aliphatic carboxylic acids is 1. The molecule has 6 heteroatoms. The van der Waals surface area contributed by atoms with Crippen LogP contribution in [-0.4, -0.2) is 35.5 Å². The molecule has 0 saturated carbocycles. The average molecular weight is 288 g/mol. The highest BCUT2D eigenvalue weighted by atomic mass is 16.4. The van der Waals surface area contributed by atoms with Crippen molar-refractivity contribution in [1.29, 1.82) is 0 Å².